The molecule has 2 rings (SSSR count). The largest absolute Gasteiger partial charge is 0.360 e. The Morgan fingerprint density at radius 2 is 1.74 bits per heavy atom. The van der Waals surface area contributed by atoms with Gasteiger partial charge in [-0.2, -0.15) is 5.26 Å². The minimum absolute atomic E-state index is 0.0208. The number of carbonyl (C=O) groups excluding carboxylic acids is 1. The number of hydrogen-bond donors (Lipinski definition) is 2. The molecule has 2 aromatic rings. The van der Waals surface area contributed by atoms with Gasteiger partial charge in [0.2, 0.25) is 0 Å². The summed E-state index contributed by atoms with van der Waals surface area (Å²) >= 11 is 0. The van der Waals surface area contributed by atoms with Crippen LogP contribution in [0.3, 0.4) is 0 Å². The third kappa shape index (κ3) is 4.45. The number of nitrogens with one attached hydrogen (secondary N) is 2. The van der Waals surface area contributed by atoms with Gasteiger partial charge in [-0.05, 0) is 29.7 Å². The molecule has 0 aliphatic carbocycles. The van der Waals surface area contributed by atoms with Gasteiger partial charge in [-0.15, -0.1) is 0 Å². The highest BCUT2D eigenvalue weighted by molar-refractivity contribution is 6.07. The van der Waals surface area contributed by atoms with Crippen molar-refractivity contribution in [3.05, 3.63) is 71.9 Å². The summed E-state index contributed by atoms with van der Waals surface area (Å²) in [5.74, 6) is -0.146. The minimum Gasteiger partial charge on any atom is -0.360 e. The summed E-state index contributed by atoms with van der Waals surface area (Å²) in [6.07, 6.45) is 1.42. The Balaban J connectivity index is 2.14. The van der Waals surface area contributed by atoms with Crippen molar-refractivity contribution in [3.63, 3.8) is 0 Å². The number of para-hydroxylation sites is 2. The van der Waals surface area contributed by atoms with Gasteiger partial charge < -0.3 is 10.6 Å². The summed E-state index contributed by atoms with van der Waals surface area (Å²) < 4.78 is 0. The summed E-state index contributed by atoms with van der Waals surface area (Å²) in [7, 11) is 0. The fraction of sp³-hybridized carbons (Fsp3) is 0.158. The highest BCUT2D eigenvalue weighted by Crippen LogP contribution is 2.24. The van der Waals surface area contributed by atoms with Crippen LogP contribution < -0.4 is 10.6 Å². The lowest BCUT2D eigenvalue weighted by Crippen LogP contribution is -2.16. The van der Waals surface area contributed by atoms with Crippen LogP contribution in [0.4, 0.5) is 11.4 Å². The zero-order valence-corrected chi connectivity index (χ0v) is 13.2. The number of rotatable bonds is 5. The van der Waals surface area contributed by atoms with Gasteiger partial charge in [0.1, 0.15) is 11.6 Å². The highest BCUT2D eigenvalue weighted by Gasteiger charge is 2.12. The number of anilines is 2. The second kappa shape index (κ2) is 7.81. The van der Waals surface area contributed by atoms with E-state index in [4.69, 9.17) is 0 Å². The van der Waals surface area contributed by atoms with Gasteiger partial charge in [0.15, 0.2) is 0 Å². The van der Waals surface area contributed by atoms with Crippen molar-refractivity contribution in [2.24, 2.45) is 0 Å². The second-order valence-corrected chi connectivity index (χ2v) is 5.38. The summed E-state index contributed by atoms with van der Waals surface area (Å²) in [5, 5.41) is 15.0. The van der Waals surface area contributed by atoms with Crippen LogP contribution in [-0.4, -0.2) is 5.91 Å². The molecule has 0 aliphatic rings. The quantitative estimate of drug-likeness (QED) is 0.640. The Hall–Kier alpha value is -3.06. The van der Waals surface area contributed by atoms with Crippen LogP contribution in [0.5, 0.6) is 0 Å². The van der Waals surface area contributed by atoms with Crippen LogP contribution in [0.25, 0.3) is 0 Å². The molecule has 0 spiro atoms. The minimum atomic E-state index is -0.427. The van der Waals surface area contributed by atoms with Crippen molar-refractivity contribution in [1.82, 2.24) is 0 Å². The maximum Gasteiger partial charge on any atom is 0.267 e. The number of amides is 1. The molecule has 0 aromatic heterocycles. The van der Waals surface area contributed by atoms with Crippen molar-refractivity contribution < 1.29 is 4.79 Å². The molecule has 4 heteroatoms. The fourth-order valence-corrected chi connectivity index (χ4v) is 2.14. The predicted molar refractivity (Wildman–Crippen MR) is 92.9 cm³/mol. The first-order valence-corrected chi connectivity index (χ1v) is 7.44. The molecule has 116 valence electrons. The van der Waals surface area contributed by atoms with Crippen molar-refractivity contribution in [2.75, 3.05) is 10.6 Å². The first kappa shape index (κ1) is 16.3. The van der Waals surface area contributed by atoms with Crippen molar-refractivity contribution >= 4 is 17.3 Å². The van der Waals surface area contributed by atoms with Gasteiger partial charge in [-0.1, -0.05) is 50.2 Å². The molecule has 0 aliphatic heterocycles. The average Bonchev–Trinajstić information content (AvgIpc) is 2.56. The zero-order valence-electron chi connectivity index (χ0n) is 13.2. The molecule has 0 heterocycles. The number of hydrogen-bond acceptors (Lipinski definition) is 3. The standard InChI is InChI=1S/C19H19N3O/c1-14(2)17-10-6-7-11-18(17)22-19(23)15(12-20)13-21-16-8-4-3-5-9-16/h3-11,13-14,21H,1-2H3,(H,22,23)/b15-13-. The molecular weight excluding hydrogens is 286 g/mol. The summed E-state index contributed by atoms with van der Waals surface area (Å²) in [6, 6.07) is 18.9. The van der Waals surface area contributed by atoms with Gasteiger partial charge >= 0.3 is 0 Å². The number of nitriles is 1. The Morgan fingerprint density at radius 1 is 1.09 bits per heavy atom. The van der Waals surface area contributed by atoms with E-state index in [1.54, 1.807) is 0 Å². The van der Waals surface area contributed by atoms with E-state index in [2.05, 4.69) is 24.5 Å². The number of carbonyl (C=O) groups is 1. The Bertz CT molecular complexity index is 743. The van der Waals surface area contributed by atoms with Gasteiger partial charge in [0.05, 0.1) is 0 Å². The fourth-order valence-electron chi connectivity index (χ4n) is 2.14. The molecule has 0 bridgehead atoms. The van der Waals surface area contributed by atoms with Crippen LogP contribution in [-0.2, 0) is 4.79 Å². The van der Waals surface area contributed by atoms with Crippen LogP contribution >= 0.6 is 0 Å². The first-order chi connectivity index (χ1) is 11.1. The lowest BCUT2D eigenvalue weighted by molar-refractivity contribution is -0.112. The molecule has 0 fully saturated rings. The molecular formula is C19H19N3O. The number of benzene rings is 2. The molecule has 0 saturated carbocycles. The van der Waals surface area contributed by atoms with Crippen molar-refractivity contribution in [3.8, 4) is 6.07 Å². The molecule has 1 amide bonds. The van der Waals surface area contributed by atoms with Crippen LogP contribution in [0, 0.1) is 11.3 Å². The Labute approximate surface area is 136 Å². The van der Waals surface area contributed by atoms with E-state index in [0.29, 0.717) is 0 Å². The van der Waals surface area contributed by atoms with E-state index in [1.165, 1.54) is 6.20 Å². The van der Waals surface area contributed by atoms with Gasteiger partial charge in [0.25, 0.3) is 5.91 Å². The third-order valence-corrected chi connectivity index (χ3v) is 3.35. The summed E-state index contributed by atoms with van der Waals surface area (Å²) in [5.41, 5.74) is 2.60. The van der Waals surface area contributed by atoms with E-state index >= 15 is 0 Å². The molecule has 0 unspecified atom stereocenters. The first-order valence-electron chi connectivity index (χ1n) is 7.44. The zero-order chi connectivity index (χ0) is 16.7. The van der Waals surface area contributed by atoms with Crippen LogP contribution in [0.15, 0.2) is 66.4 Å². The van der Waals surface area contributed by atoms with E-state index < -0.39 is 5.91 Å². The van der Waals surface area contributed by atoms with Crippen LogP contribution in [0.1, 0.15) is 25.3 Å². The lowest BCUT2D eigenvalue weighted by Gasteiger charge is -2.13. The van der Waals surface area contributed by atoms with E-state index in [0.717, 1.165) is 16.9 Å². The predicted octanol–water partition coefficient (Wildman–Crippen LogP) is 4.27. The second-order valence-electron chi connectivity index (χ2n) is 5.38. The molecule has 0 atom stereocenters. The summed E-state index contributed by atoms with van der Waals surface area (Å²) in [4.78, 5) is 12.3. The van der Waals surface area contributed by atoms with Gasteiger partial charge in [-0.3, -0.25) is 4.79 Å². The van der Waals surface area contributed by atoms with Crippen LogP contribution in [0.2, 0.25) is 0 Å². The average molecular weight is 305 g/mol. The van der Waals surface area contributed by atoms with Gasteiger partial charge in [0, 0.05) is 17.6 Å². The number of nitrogens with zero attached hydrogens (tertiary/aromatic N) is 1. The third-order valence-electron chi connectivity index (χ3n) is 3.35. The van der Waals surface area contributed by atoms with Crippen molar-refractivity contribution in [1.29, 1.82) is 5.26 Å². The SMILES string of the molecule is CC(C)c1ccccc1NC(=O)/C(C#N)=C\Nc1ccccc1. The van der Waals surface area contributed by atoms with Crippen molar-refractivity contribution in [2.45, 2.75) is 19.8 Å². The molecule has 0 saturated heterocycles. The summed E-state index contributed by atoms with van der Waals surface area (Å²) in [6.45, 7) is 4.12. The molecule has 23 heavy (non-hydrogen) atoms. The lowest BCUT2D eigenvalue weighted by atomic mass is 10.0. The van der Waals surface area contributed by atoms with E-state index in [9.17, 15) is 10.1 Å². The highest BCUT2D eigenvalue weighted by atomic mass is 16.1. The normalized spacial score (nSPS) is 11.0. The maximum atomic E-state index is 12.3. The molecule has 4 nitrogen and oxygen atoms in total. The molecule has 2 N–H and O–H groups in total. The topological polar surface area (TPSA) is 64.9 Å². The van der Waals surface area contributed by atoms with E-state index in [1.807, 2.05) is 60.7 Å². The monoisotopic (exact) mass is 305 g/mol. The van der Waals surface area contributed by atoms with E-state index in [-0.39, 0.29) is 11.5 Å². The smallest absolute Gasteiger partial charge is 0.267 e. The Morgan fingerprint density at radius 3 is 2.39 bits per heavy atom. The van der Waals surface area contributed by atoms with Gasteiger partial charge in [-0.25, -0.2) is 0 Å². The maximum absolute atomic E-state index is 12.3. The molecule has 2 aromatic carbocycles. The molecule has 0 radical (unpaired) electrons. The Kier molecular flexibility index (Phi) is 5.54.